The van der Waals surface area contributed by atoms with Gasteiger partial charge in [-0.2, -0.15) is 17.7 Å². The van der Waals surface area contributed by atoms with Gasteiger partial charge in [0.15, 0.2) is 34.0 Å². The maximum atomic E-state index is 10.7. The van der Waals surface area contributed by atoms with E-state index >= 15 is 0 Å². The normalized spacial score (nSPS) is 34.3. The molecule has 0 unspecified atom stereocenters. The topological polar surface area (TPSA) is 107 Å². The third kappa shape index (κ3) is 5.38. The van der Waals surface area contributed by atoms with Crippen LogP contribution in [0.2, 0.25) is 0 Å². The fourth-order valence-corrected chi connectivity index (χ4v) is 4.55. The average Bonchev–Trinajstić information content (AvgIpc) is 3.30. The summed E-state index contributed by atoms with van der Waals surface area (Å²) in [5.74, 6) is -1.19. The summed E-state index contributed by atoms with van der Waals surface area (Å²) in [6.45, 7) is 8.25. The molecule has 3 saturated heterocycles. The molecule has 9 nitrogen and oxygen atoms in total. The van der Waals surface area contributed by atoms with Crippen molar-refractivity contribution >= 4 is 21.5 Å². The number of aromatic nitrogens is 1. The Balaban J connectivity index is 0.000000293. The van der Waals surface area contributed by atoms with Crippen molar-refractivity contribution in [3.63, 3.8) is 0 Å². The second kappa shape index (κ2) is 8.17. The fraction of sp³-hybridized carbons (Fsp3) is 0.824. The van der Waals surface area contributed by atoms with E-state index in [0.29, 0.717) is 6.61 Å². The van der Waals surface area contributed by atoms with E-state index in [-0.39, 0.29) is 30.5 Å². The number of alkyl halides is 3. The first-order chi connectivity index (χ1) is 14.0. The summed E-state index contributed by atoms with van der Waals surface area (Å²) in [6, 6.07) is 0. The summed E-state index contributed by atoms with van der Waals surface area (Å²) in [6.07, 6.45) is 1.25. The summed E-state index contributed by atoms with van der Waals surface area (Å²) in [7, 11) is -4.07. The van der Waals surface area contributed by atoms with Crippen LogP contribution in [-0.2, 0) is 40.9 Å². The van der Waals surface area contributed by atoms with E-state index in [1.165, 1.54) is 0 Å². The smallest absolute Gasteiger partial charge is 0.485 e. The van der Waals surface area contributed by atoms with Crippen LogP contribution in [0.25, 0.3) is 0 Å². The molecule has 5 atom stereocenters. The molecule has 0 aliphatic carbocycles. The highest BCUT2D eigenvalue weighted by atomic mass is 32.2. The van der Waals surface area contributed by atoms with Crippen molar-refractivity contribution in [1.82, 2.24) is 0 Å². The number of fused-ring (bicyclic) bond motifs is 1. The molecule has 1 aromatic rings. The molecule has 0 aromatic carbocycles. The lowest BCUT2D eigenvalue weighted by atomic mass is 10.0. The molecule has 0 spiro atoms. The van der Waals surface area contributed by atoms with Gasteiger partial charge in [0, 0.05) is 0 Å². The Morgan fingerprint density at radius 2 is 1.68 bits per heavy atom. The lowest BCUT2D eigenvalue weighted by Gasteiger charge is -2.26. The van der Waals surface area contributed by atoms with E-state index in [9.17, 15) is 13.2 Å². The molecule has 3 aliphatic rings. The van der Waals surface area contributed by atoms with E-state index in [4.69, 9.17) is 36.7 Å². The minimum atomic E-state index is -6.09. The van der Waals surface area contributed by atoms with Crippen molar-refractivity contribution in [2.45, 2.75) is 75.3 Å². The van der Waals surface area contributed by atoms with Crippen LogP contribution < -0.4 is 4.57 Å². The SMILES string of the molecule is C[n+]1ccsc1[C@@H]1O[C@H]([C@H]2COC(C)(C)O2)[C@@H]2OC(C)(C)O[C@@H]21.O=S(=O)([O-])C(F)(F)F. The molecule has 0 saturated carbocycles. The van der Waals surface area contributed by atoms with Crippen molar-refractivity contribution in [2.24, 2.45) is 7.05 Å². The van der Waals surface area contributed by atoms with Crippen LogP contribution in [0.3, 0.4) is 0 Å². The van der Waals surface area contributed by atoms with E-state index in [2.05, 4.69) is 9.95 Å². The predicted octanol–water partition coefficient (Wildman–Crippen LogP) is 1.74. The zero-order chi connectivity index (χ0) is 23.4. The third-order valence-electron chi connectivity index (χ3n) is 4.83. The summed E-state index contributed by atoms with van der Waals surface area (Å²) in [4.78, 5) is 0. The summed E-state index contributed by atoms with van der Waals surface area (Å²) >= 11 is 1.67. The van der Waals surface area contributed by atoms with Gasteiger partial charge < -0.3 is 28.2 Å². The summed E-state index contributed by atoms with van der Waals surface area (Å²) < 4.78 is 91.4. The van der Waals surface area contributed by atoms with E-state index < -0.39 is 27.2 Å². The van der Waals surface area contributed by atoms with Crippen molar-refractivity contribution in [2.75, 3.05) is 6.61 Å². The van der Waals surface area contributed by atoms with Gasteiger partial charge in [0.1, 0.15) is 31.5 Å². The number of hydrogen-bond acceptors (Lipinski definition) is 9. The number of halogens is 3. The highest BCUT2D eigenvalue weighted by Crippen LogP contribution is 2.47. The monoisotopic (exact) mass is 491 g/mol. The lowest BCUT2D eigenvalue weighted by Crippen LogP contribution is -2.40. The average molecular weight is 492 g/mol. The zero-order valence-electron chi connectivity index (χ0n) is 17.4. The van der Waals surface area contributed by atoms with Crippen LogP contribution in [0.15, 0.2) is 11.6 Å². The van der Waals surface area contributed by atoms with Crippen LogP contribution in [0.4, 0.5) is 13.2 Å². The molecule has 14 heteroatoms. The van der Waals surface area contributed by atoms with Crippen LogP contribution >= 0.6 is 11.3 Å². The summed E-state index contributed by atoms with van der Waals surface area (Å²) in [5.41, 5.74) is -5.65. The molecule has 1 aromatic heterocycles. The highest BCUT2D eigenvalue weighted by Gasteiger charge is 2.61. The van der Waals surface area contributed by atoms with Gasteiger partial charge in [-0.05, 0) is 27.7 Å². The quantitative estimate of drug-likeness (QED) is 0.350. The van der Waals surface area contributed by atoms with Gasteiger partial charge in [0.05, 0.1) is 12.0 Å². The number of rotatable bonds is 2. The molecule has 0 bridgehead atoms. The Kier molecular flexibility index (Phi) is 6.52. The molecular weight excluding hydrogens is 467 g/mol. The third-order valence-corrected chi connectivity index (χ3v) is 6.42. The number of ether oxygens (including phenoxy) is 5. The second-order valence-corrected chi connectivity index (χ2v) is 10.5. The number of thiazole rings is 1. The molecule has 31 heavy (non-hydrogen) atoms. The Labute approximate surface area is 181 Å². The molecule has 0 amide bonds. The first-order valence-electron chi connectivity index (χ1n) is 9.29. The van der Waals surface area contributed by atoms with Gasteiger partial charge in [-0.1, -0.05) is 11.3 Å². The number of nitrogens with zero attached hydrogens (tertiary/aromatic N) is 1. The largest absolute Gasteiger partial charge is 0.741 e. The predicted molar refractivity (Wildman–Crippen MR) is 97.6 cm³/mol. The van der Waals surface area contributed by atoms with Gasteiger partial charge >= 0.3 is 5.51 Å². The van der Waals surface area contributed by atoms with Crippen LogP contribution in [0.5, 0.6) is 0 Å². The van der Waals surface area contributed by atoms with Crippen LogP contribution in [0, 0.1) is 0 Å². The summed E-state index contributed by atoms with van der Waals surface area (Å²) in [5, 5.41) is 3.18. The van der Waals surface area contributed by atoms with Gasteiger partial charge in [0.2, 0.25) is 0 Å². The van der Waals surface area contributed by atoms with E-state index in [0.717, 1.165) is 5.01 Å². The van der Waals surface area contributed by atoms with Crippen molar-refractivity contribution < 1.29 is 54.4 Å². The standard InChI is InChI=1S/C16H24NO5S.CHF3O3S/c1-15(2)18-8-9(20-15)10-11-12(22-16(3,4)21-11)13(19-10)14-17(5)6-7-23-14;2-1(3,4)8(5,6)7/h6-7,9-13H,8H2,1-5H3;(H,5,6,7)/q+1;/p-1/t9-,10-,11+,12+,13-;/m1./s1. The fourth-order valence-electron chi connectivity index (χ4n) is 3.62. The zero-order valence-corrected chi connectivity index (χ0v) is 19.0. The second-order valence-electron chi connectivity index (χ2n) is 8.21. The highest BCUT2D eigenvalue weighted by molar-refractivity contribution is 7.86. The van der Waals surface area contributed by atoms with Crippen molar-refractivity contribution in [1.29, 1.82) is 0 Å². The van der Waals surface area contributed by atoms with E-state index in [1.807, 2.05) is 40.9 Å². The lowest BCUT2D eigenvalue weighted by molar-refractivity contribution is -0.678. The maximum Gasteiger partial charge on any atom is 0.485 e. The van der Waals surface area contributed by atoms with E-state index in [1.54, 1.807) is 11.3 Å². The Hall–Kier alpha value is -0.870. The van der Waals surface area contributed by atoms with Crippen molar-refractivity contribution in [3.05, 3.63) is 16.6 Å². The molecule has 0 N–H and O–H groups in total. The molecule has 178 valence electrons. The molecule has 3 aliphatic heterocycles. The Bertz CT molecular complexity index is 901. The van der Waals surface area contributed by atoms with Gasteiger partial charge in [0.25, 0.3) is 5.01 Å². The Morgan fingerprint density at radius 1 is 1.10 bits per heavy atom. The van der Waals surface area contributed by atoms with Crippen LogP contribution in [0.1, 0.15) is 38.8 Å². The molecule has 4 rings (SSSR count). The maximum absolute atomic E-state index is 10.7. The van der Waals surface area contributed by atoms with Gasteiger partial charge in [-0.3, -0.25) is 0 Å². The number of hydrogen-bond donors (Lipinski definition) is 0. The number of aryl methyl sites for hydroxylation is 1. The van der Waals surface area contributed by atoms with Gasteiger partial charge in [-0.15, -0.1) is 0 Å². The molecule has 0 radical (unpaired) electrons. The molecule has 4 heterocycles. The first kappa shape index (κ1) is 24.8. The minimum absolute atomic E-state index is 0.132. The first-order valence-corrected chi connectivity index (χ1v) is 11.6. The van der Waals surface area contributed by atoms with Gasteiger partial charge in [-0.25, -0.2) is 8.42 Å². The van der Waals surface area contributed by atoms with Crippen molar-refractivity contribution in [3.8, 4) is 0 Å². The minimum Gasteiger partial charge on any atom is -0.741 e. The Morgan fingerprint density at radius 3 is 2.13 bits per heavy atom. The molecule has 3 fully saturated rings. The van der Waals surface area contributed by atoms with Crippen LogP contribution in [-0.4, -0.2) is 61.1 Å². The molecular formula is C17H24F3NO8S2.